The van der Waals surface area contributed by atoms with Crippen molar-refractivity contribution < 1.29 is 14.3 Å². The lowest BCUT2D eigenvalue weighted by molar-refractivity contribution is -0.134. The zero-order valence-electron chi connectivity index (χ0n) is 17.4. The third-order valence-electron chi connectivity index (χ3n) is 5.72. The molecule has 2 aromatic rings. The number of nitrogens with zero attached hydrogens (tertiary/aromatic N) is 2. The highest BCUT2D eigenvalue weighted by Crippen LogP contribution is 2.32. The first-order chi connectivity index (χ1) is 14.6. The van der Waals surface area contributed by atoms with Crippen LogP contribution < -0.4 is 10.1 Å². The molecule has 0 radical (unpaired) electrons. The Bertz CT molecular complexity index is 874. The topological polar surface area (TPSA) is 71.5 Å². The fraction of sp³-hybridized carbons (Fsp3) is 0.458. The summed E-state index contributed by atoms with van der Waals surface area (Å²) < 4.78 is 6.12. The third-order valence-corrected chi connectivity index (χ3v) is 5.72. The van der Waals surface area contributed by atoms with Crippen molar-refractivity contribution in [2.75, 3.05) is 13.1 Å². The molecule has 158 valence electrons. The van der Waals surface area contributed by atoms with Gasteiger partial charge >= 0.3 is 0 Å². The van der Waals surface area contributed by atoms with Crippen molar-refractivity contribution in [1.82, 2.24) is 15.2 Å². The number of nitrogens with one attached hydrogen (secondary N) is 1. The predicted molar refractivity (Wildman–Crippen MR) is 114 cm³/mol. The molecule has 1 saturated carbocycles. The highest BCUT2D eigenvalue weighted by Gasteiger charge is 2.35. The standard InChI is InChI=1S/C24H29N3O3/c1-17(14-18-4-3-11-25-16-18)26-23(28)20-5-2-6-22(15-20)30-21-9-12-27(13-10-21)24(29)19-7-8-19/h2-6,11,15-17,19,21H,7-10,12-14H2,1H3,(H,26,28). The van der Waals surface area contributed by atoms with Crippen LogP contribution in [0.3, 0.4) is 0 Å². The second-order valence-electron chi connectivity index (χ2n) is 8.38. The predicted octanol–water partition coefficient (Wildman–Crippen LogP) is 3.22. The van der Waals surface area contributed by atoms with E-state index in [1.54, 1.807) is 18.3 Å². The molecule has 1 aliphatic carbocycles. The van der Waals surface area contributed by atoms with Crippen LogP contribution in [-0.2, 0) is 11.2 Å². The number of likely N-dealkylation sites (tertiary alicyclic amines) is 1. The number of carbonyl (C=O) groups is 2. The van der Waals surface area contributed by atoms with E-state index < -0.39 is 0 Å². The molecule has 1 aromatic carbocycles. The molecule has 1 unspecified atom stereocenters. The van der Waals surface area contributed by atoms with Crippen molar-refractivity contribution in [1.29, 1.82) is 0 Å². The Morgan fingerprint density at radius 2 is 1.97 bits per heavy atom. The maximum absolute atomic E-state index is 12.7. The second kappa shape index (κ2) is 9.28. The number of hydrogen-bond donors (Lipinski definition) is 1. The molecule has 1 aliphatic heterocycles. The highest BCUT2D eigenvalue weighted by molar-refractivity contribution is 5.94. The Labute approximate surface area is 177 Å². The maximum atomic E-state index is 12.7. The van der Waals surface area contributed by atoms with Crippen molar-refractivity contribution in [3.63, 3.8) is 0 Å². The lowest BCUT2D eigenvalue weighted by Crippen LogP contribution is -2.42. The van der Waals surface area contributed by atoms with Crippen molar-refractivity contribution in [3.05, 3.63) is 59.9 Å². The van der Waals surface area contributed by atoms with Gasteiger partial charge in [-0.2, -0.15) is 0 Å². The molecule has 1 atom stereocenters. The Kier molecular flexibility index (Phi) is 6.31. The zero-order valence-corrected chi connectivity index (χ0v) is 17.4. The summed E-state index contributed by atoms with van der Waals surface area (Å²) >= 11 is 0. The van der Waals surface area contributed by atoms with Gasteiger partial charge in [0.1, 0.15) is 11.9 Å². The molecule has 2 aliphatic rings. The fourth-order valence-corrected chi connectivity index (χ4v) is 3.92. The molecule has 2 heterocycles. The van der Waals surface area contributed by atoms with Crippen LogP contribution in [0, 0.1) is 5.92 Å². The van der Waals surface area contributed by atoms with Crippen molar-refractivity contribution in [2.24, 2.45) is 5.92 Å². The summed E-state index contributed by atoms with van der Waals surface area (Å²) in [6.07, 6.45) is 8.13. The van der Waals surface area contributed by atoms with Crippen LogP contribution in [0.15, 0.2) is 48.8 Å². The van der Waals surface area contributed by atoms with Crippen molar-refractivity contribution in [2.45, 2.75) is 51.2 Å². The van der Waals surface area contributed by atoms with E-state index in [0.717, 1.165) is 50.8 Å². The summed E-state index contributed by atoms with van der Waals surface area (Å²) in [5.74, 6) is 1.18. The fourth-order valence-electron chi connectivity index (χ4n) is 3.92. The number of aromatic nitrogens is 1. The summed E-state index contributed by atoms with van der Waals surface area (Å²) in [4.78, 5) is 30.9. The van der Waals surface area contributed by atoms with Crippen LogP contribution in [0.2, 0.25) is 0 Å². The van der Waals surface area contributed by atoms with E-state index in [1.165, 1.54) is 0 Å². The molecule has 6 heteroatoms. The van der Waals surface area contributed by atoms with Gasteiger partial charge in [0.15, 0.2) is 0 Å². The molecule has 0 bridgehead atoms. The summed E-state index contributed by atoms with van der Waals surface area (Å²) in [6, 6.07) is 11.2. The molecular weight excluding hydrogens is 378 g/mol. The summed E-state index contributed by atoms with van der Waals surface area (Å²) in [7, 11) is 0. The number of rotatable bonds is 7. The van der Waals surface area contributed by atoms with E-state index in [2.05, 4.69) is 10.3 Å². The summed E-state index contributed by atoms with van der Waals surface area (Å²) in [6.45, 7) is 3.50. The van der Waals surface area contributed by atoms with Crippen LogP contribution in [0.25, 0.3) is 0 Å². The van der Waals surface area contributed by atoms with Gasteiger partial charge in [0.25, 0.3) is 5.91 Å². The first-order valence-electron chi connectivity index (χ1n) is 10.8. The first kappa shape index (κ1) is 20.4. The number of carbonyl (C=O) groups excluding carboxylic acids is 2. The second-order valence-corrected chi connectivity index (χ2v) is 8.38. The monoisotopic (exact) mass is 407 g/mol. The average molecular weight is 408 g/mol. The van der Waals surface area contributed by atoms with Gasteiger partial charge in [-0.25, -0.2) is 0 Å². The van der Waals surface area contributed by atoms with E-state index >= 15 is 0 Å². The molecule has 6 nitrogen and oxygen atoms in total. The SMILES string of the molecule is CC(Cc1cccnc1)NC(=O)c1cccc(OC2CCN(C(=O)C3CC3)CC2)c1. The number of ether oxygens (including phenoxy) is 1. The summed E-state index contributed by atoms with van der Waals surface area (Å²) in [5, 5.41) is 3.04. The van der Waals surface area contributed by atoms with Gasteiger partial charge in [0, 0.05) is 55.8 Å². The van der Waals surface area contributed by atoms with Gasteiger partial charge in [-0.15, -0.1) is 0 Å². The van der Waals surface area contributed by atoms with E-state index in [9.17, 15) is 9.59 Å². The van der Waals surface area contributed by atoms with Gasteiger partial charge < -0.3 is 15.0 Å². The van der Waals surface area contributed by atoms with Gasteiger partial charge in [0.05, 0.1) is 0 Å². The Morgan fingerprint density at radius 1 is 1.17 bits per heavy atom. The minimum atomic E-state index is -0.110. The smallest absolute Gasteiger partial charge is 0.251 e. The van der Waals surface area contributed by atoms with Crippen molar-refractivity contribution >= 4 is 11.8 Å². The highest BCUT2D eigenvalue weighted by atomic mass is 16.5. The van der Waals surface area contributed by atoms with Gasteiger partial charge in [-0.1, -0.05) is 12.1 Å². The first-order valence-corrected chi connectivity index (χ1v) is 10.8. The molecule has 2 amide bonds. The Balaban J connectivity index is 1.28. The third kappa shape index (κ3) is 5.38. The van der Waals surface area contributed by atoms with Crippen LogP contribution in [0.5, 0.6) is 5.75 Å². The van der Waals surface area contributed by atoms with E-state index in [0.29, 0.717) is 17.2 Å². The average Bonchev–Trinajstić information content (AvgIpc) is 3.60. The Hall–Kier alpha value is -2.89. The van der Waals surface area contributed by atoms with Crippen LogP contribution in [0.4, 0.5) is 0 Å². The number of piperidine rings is 1. The number of benzene rings is 1. The number of pyridine rings is 1. The number of amides is 2. The molecule has 4 rings (SSSR count). The van der Waals surface area contributed by atoms with E-state index in [-0.39, 0.29) is 24.0 Å². The quantitative estimate of drug-likeness (QED) is 0.765. The molecule has 2 fully saturated rings. The molecule has 1 saturated heterocycles. The molecule has 1 aromatic heterocycles. The molecular formula is C24H29N3O3. The largest absolute Gasteiger partial charge is 0.490 e. The lowest BCUT2D eigenvalue weighted by Gasteiger charge is -2.32. The minimum absolute atomic E-state index is 0.000364. The van der Waals surface area contributed by atoms with E-state index in [1.807, 2.05) is 42.3 Å². The van der Waals surface area contributed by atoms with Crippen molar-refractivity contribution in [3.8, 4) is 5.75 Å². The maximum Gasteiger partial charge on any atom is 0.251 e. The van der Waals surface area contributed by atoms with Gasteiger partial charge in [0.2, 0.25) is 5.91 Å². The Morgan fingerprint density at radius 3 is 2.67 bits per heavy atom. The summed E-state index contributed by atoms with van der Waals surface area (Å²) in [5.41, 5.74) is 1.68. The molecule has 1 N–H and O–H groups in total. The molecule has 0 spiro atoms. The van der Waals surface area contributed by atoms with E-state index in [4.69, 9.17) is 4.74 Å². The normalized spacial score (nSPS) is 18.0. The van der Waals surface area contributed by atoms with Crippen LogP contribution >= 0.6 is 0 Å². The number of hydrogen-bond acceptors (Lipinski definition) is 4. The van der Waals surface area contributed by atoms with Crippen LogP contribution in [-0.4, -0.2) is 46.9 Å². The van der Waals surface area contributed by atoms with Gasteiger partial charge in [-0.3, -0.25) is 14.6 Å². The zero-order chi connectivity index (χ0) is 20.9. The van der Waals surface area contributed by atoms with Crippen LogP contribution in [0.1, 0.15) is 48.5 Å². The molecule has 30 heavy (non-hydrogen) atoms. The van der Waals surface area contributed by atoms with Gasteiger partial charge in [-0.05, 0) is 56.0 Å². The lowest BCUT2D eigenvalue weighted by atomic mass is 10.1. The minimum Gasteiger partial charge on any atom is -0.490 e.